The fraction of sp³-hybridized carbons (Fsp3) is 0.286. The van der Waals surface area contributed by atoms with Crippen molar-refractivity contribution in [1.82, 2.24) is 9.97 Å². The van der Waals surface area contributed by atoms with Gasteiger partial charge in [0, 0.05) is 23.8 Å². The lowest BCUT2D eigenvalue weighted by Crippen LogP contribution is -2.12. The van der Waals surface area contributed by atoms with Crippen molar-refractivity contribution in [3.05, 3.63) is 40.2 Å². The van der Waals surface area contributed by atoms with E-state index in [9.17, 15) is 4.57 Å². The Morgan fingerprint density at radius 3 is 2.71 bits per heavy atom. The van der Waals surface area contributed by atoms with Crippen LogP contribution in [0.2, 0.25) is 5.28 Å². The van der Waals surface area contributed by atoms with Crippen molar-refractivity contribution in [3.63, 3.8) is 0 Å². The maximum Gasteiger partial charge on any atom is 0.224 e. The summed E-state index contributed by atoms with van der Waals surface area (Å²) in [4.78, 5) is 8.07. The first-order valence-electron chi connectivity index (χ1n) is 6.71. The van der Waals surface area contributed by atoms with E-state index in [1.807, 2.05) is 24.3 Å². The average Bonchev–Trinajstić information content (AvgIpc) is 2.91. The standard InChI is InChI=1S/C14H14BrClN3OP/c15-10-9-17-14(16)19-13(10)18-11-5-1-2-6-12(11)21(20)7-3-4-8-21/h1-2,5-6,9H,3-4,7-8H2,(H,17,18,19). The number of benzene rings is 1. The summed E-state index contributed by atoms with van der Waals surface area (Å²) in [7, 11) is -2.28. The molecule has 2 heterocycles. The minimum atomic E-state index is -2.28. The van der Waals surface area contributed by atoms with Crippen molar-refractivity contribution >= 4 is 51.5 Å². The van der Waals surface area contributed by atoms with Gasteiger partial charge in [-0.15, -0.1) is 0 Å². The van der Waals surface area contributed by atoms with E-state index in [1.54, 1.807) is 6.20 Å². The Hall–Kier alpha value is -0.900. The molecule has 0 atom stereocenters. The van der Waals surface area contributed by atoms with Gasteiger partial charge in [0.25, 0.3) is 0 Å². The second-order valence-electron chi connectivity index (χ2n) is 5.02. The molecule has 7 heteroatoms. The third-order valence-electron chi connectivity index (χ3n) is 3.60. The van der Waals surface area contributed by atoms with Crippen LogP contribution in [-0.4, -0.2) is 22.3 Å². The summed E-state index contributed by atoms with van der Waals surface area (Å²) in [6.07, 6.45) is 5.25. The van der Waals surface area contributed by atoms with Gasteiger partial charge >= 0.3 is 0 Å². The van der Waals surface area contributed by atoms with Gasteiger partial charge in [0.1, 0.15) is 13.0 Å². The van der Waals surface area contributed by atoms with Gasteiger partial charge in [0.2, 0.25) is 5.28 Å². The molecule has 1 fully saturated rings. The summed E-state index contributed by atoms with van der Waals surface area (Å²) >= 11 is 9.23. The smallest absolute Gasteiger partial charge is 0.224 e. The van der Waals surface area contributed by atoms with Crippen molar-refractivity contribution in [3.8, 4) is 0 Å². The van der Waals surface area contributed by atoms with Gasteiger partial charge in [-0.05, 0) is 52.5 Å². The number of hydrogen-bond acceptors (Lipinski definition) is 4. The summed E-state index contributed by atoms with van der Waals surface area (Å²) in [6.45, 7) is 0. The molecule has 1 aliphatic heterocycles. The largest absolute Gasteiger partial charge is 0.339 e. The van der Waals surface area contributed by atoms with Gasteiger partial charge in [0.15, 0.2) is 0 Å². The van der Waals surface area contributed by atoms with Crippen LogP contribution in [0.1, 0.15) is 12.8 Å². The molecule has 1 aromatic carbocycles. The Morgan fingerprint density at radius 1 is 1.24 bits per heavy atom. The average molecular weight is 387 g/mol. The van der Waals surface area contributed by atoms with Gasteiger partial charge < -0.3 is 9.88 Å². The molecular weight excluding hydrogens is 373 g/mol. The Morgan fingerprint density at radius 2 is 1.95 bits per heavy atom. The van der Waals surface area contributed by atoms with E-state index in [2.05, 4.69) is 31.2 Å². The van der Waals surface area contributed by atoms with Crippen LogP contribution in [0.5, 0.6) is 0 Å². The number of hydrogen-bond donors (Lipinski definition) is 1. The van der Waals surface area contributed by atoms with Crippen LogP contribution in [0.25, 0.3) is 0 Å². The number of para-hydroxylation sites is 1. The Balaban J connectivity index is 2.00. The molecule has 0 spiro atoms. The number of anilines is 2. The van der Waals surface area contributed by atoms with Gasteiger partial charge in [-0.2, -0.15) is 4.98 Å². The molecular formula is C14H14BrClN3OP. The summed E-state index contributed by atoms with van der Waals surface area (Å²) < 4.78 is 13.8. The van der Waals surface area contributed by atoms with Crippen LogP contribution in [-0.2, 0) is 4.57 Å². The van der Waals surface area contributed by atoms with E-state index in [-0.39, 0.29) is 5.28 Å². The van der Waals surface area contributed by atoms with Gasteiger partial charge in [-0.3, -0.25) is 0 Å². The third kappa shape index (κ3) is 3.15. The number of nitrogens with zero attached hydrogens (tertiary/aromatic N) is 2. The zero-order valence-electron chi connectivity index (χ0n) is 11.2. The van der Waals surface area contributed by atoms with Crippen molar-refractivity contribution in [2.75, 3.05) is 17.6 Å². The van der Waals surface area contributed by atoms with Crippen LogP contribution in [0, 0.1) is 0 Å². The van der Waals surface area contributed by atoms with E-state index in [0.29, 0.717) is 10.3 Å². The molecule has 3 rings (SSSR count). The molecule has 1 aliphatic rings. The fourth-order valence-electron chi connectivity index (χ4n) is 2.58. The van der Waals surface area contributed by atoms with Crippen LogP contribution < -0.4 is 10.6 Å². The summed E-state index contributed by atoms with van der Waals surface area (Å²) in [5.74, 6) is 0.577. The molecule has 110 valence electrons. The maximum absolute atomic E-state index is 13.1. The molecule has 4 nitrogen and oxygen atoms in total. The molecule has 2 aromatic rings. The third-order valence-corrected chi connectivity index (χ3v) is 7.71. The van der Waals surface area contributed by atoms with Crippen molar-refractivity contribution in [1.29, 1.82) is 0 Å². The highest BCUT2D eigenvalue weighted by molar-refractivity contribution is 9.10. The highest BCUT2D eigenvalue weighted by Gasteiger charge is 2.31. The lowest BCUT2D eigenvalue weighted by molar-refractivity contribution is 0.585. The first kappa shape index (κ1) is 15.0. The SMILES string of the molecule is O=P1(c2ccccc2Nc2nc(Cl)ncc2Br)CCCC1. The molecule has 1 aromatic heterocycles. The van der Waals surface area contributed by atoms with Gasteiger partial charge in [0.05, 0.1) is 10.2 Å². The van der Waals surface area contributed by atoms with Gasteiger partial charge in [-0.25, -0.2) is 4.98 Å². The second kappa shape index (κ2) is 6.07. The molecule has 1 N–H and O–H groups in total. The second-order valence-corrected chi connectivity index (χ2v) is 9.37. The number of rotatable bonds is 3. The lowest BCUT2D eigenvalue weighted by atomic mass is 10.3. The topological polar surface area (TPSA) is 54.9 Å². The number of halogens is 2. The summed E-state index contributed by atoms with van der Waals surface area (Å²) in [6, 6.07) is 7.73. The Labute approximate surface area is 136 Å². The minimum absolute atomic E-state index is 0.172. The predicted molar refractivity (Wildman–Crippen MR) is 90.7 cm³/mol. The monoisotopic (exact) mass is 385 g/mol. The molecule has 0 bridgehead atoms. The van der Waals surface area contributed by atoms with E-state index in [4.69, 9.17) is 11.6 Å². The molecule has 0 saturated carbocycles. The molecule has 0 aliphatic carbocycles. The van der Waals surface area contributed by atoms with E-state index < -0.39 is 7.14 Å². The van der Waals surface area contributed by atoms with Crippen molar-refractivity contribution in [2.24, 2.45) is 0 Å². The van der Waals surface area contributed by atoms with Crippen molar-refractivity contribution in [2.45, 2.75) is 12.8 Å². The first-order chi connectivity index (χ1) is 10.1. The fourth-order valence-corrected chi connectivity index (χ4v) is 6.11. The van der Waals surface area contributed by atoms with Crippen LogP contribution >= 0.6 is 34.7 Å². The van der Waals surface area contributed by atoms with E-state index in [1.165, 1.54) is 0 Å². The van der Waals surface area contributed by atoms with Crippen LogP contribution in [0.15, 0.2) is 34.9 Å². The quantitative estimate of drug-likeness (QED) is 0.627. The maximum atomic E-state index is 13.1. The highest BCUT2D eigenvalue weighted by Crippen LogP contribution is 2.52. The van der Waals surface area contributed by atoms with Gasteiger partial charge in [-0.1, -0.05) is 12.1 Å². The molecule has 0 unspecified atom stereocenters. The predicted octanol–water partition coefficient (Wildman–Crippen LogP) is 4.42. The molecule has 0 radical (unpaired) electrons. The zero-order chi connectivity index (χ0) is 14.9. The summed E-state index contributed by atoms with van der Waals surface area (Å²) in [5, 5.41) is 4.31. The van der Waals surface area contributed by atoms with Crippen LogP contribution in [0.4, 0.5) is 11.5 Å². The molecule has 1 saturated heterocycles. The Bertz CT molecular complexity index is 715. The number of nitrogens with one attached hydrogen (secondary N) is 1. The van der Waals surface area contributed by atoms with E-state index in [0.717, 1.165) is 36.2 Å². The Kier molecular flexibility index (Phi) is 4.34. The normalized spacial score (nSPS) is 16.9. The van der Waals surface area contributed by atoms with E-state index >= 15 is 0 Å². The molecule has 21 heavy (non-hydrogen) atoms. The van der Waals surface area contributed by atoms with Crippen molar-refractivity contribution < 1.29 is 4.57 Å². The minimum Gasteiger partial charge on any atom is -0.339 e. The first-order valence-corrected chi connectivity index (χ1v) is 9.96. The van der Waals surface area contributed by atoms with Crippen LogP contribution in [0.3, 0.4) is 0 Å². The highest BCUT2D eigenvalue weighted by atomic mass is 79.9. The lowest BCUT2D eigenvalue weighted by Gasteiger charge is -2.17. The number of aromatic nitrogens is 2. The summed E-state index contributed by atoms with van der Waals surface area (Å²) in [5.41, 5.74) is 0.832. The zero-order valence-corrected chi connectivity index (χ0v) is 14.5. The molecule has 0 amide bonds.